The molecule has 0 aliphatic rings. The highest BCUT2D eigenvalue weighted by Gasteiger charge is 2.21. The van der Waals surface area contributed by atoms with Crippen LogP contribution in [0.2, 0.25) is 0 Å². The Morgan fingerprint density at radius 2 is 1.21 bits per heavy atom. The molecule has 4 nitrogen and oxygen atoms in total. The molecule has 28 heavy (non-hydrogen) atoms. The molecule has 0 aromatic rings. The van der Waals surface area contributed by atoms with Gasteiger partial charge in [0.2, 0.25) is 0 Å². The van der Waals surface area contributed by atoms with Crippen molar-refractivity contribution in [2.45, 2.75) is 118 Å². The minimum absolute atomic E-state index is 0.00929. The maximum absolute atomic E-state index is 12.0. The van der Waals surface area contributed by atoms with Crippen LogP contribution in [0.25, 0.3) is 0 Å². The average molecular weight is 399 g/mol. The fourth-order valence-corrected chi connectivity index (χ4v) is 3.19. The lowest BCUT2D eigenvalue weighted by molar-refractivity contribution is -0.150. The Morgan fingerprint density at radius 1 is 0.679 bits per heavy atom. The maximum atomic E-state index is 12.0. The van der Waals surface area contributed by atoms with Crippen LogP contribution in [0.3, 0.4) is 0 Å². The smallest absolute Gasteiger partial charge is 0.308 e. The molecule has 0 N–H and O–H groups in total. The van der Waals surface area contributed by atoms with Crippen LogP contribution in [0.1, 0.15) is 118 Å². The zero-order valence-corrected chi connectivity index (χ0v) is 19.1. The van der Waals surface area contributed by atoms with Gasteiger partial charge in [-0.2, -0.15) is 0 Å². The van der Waals surface area contributed by atoms with Crippen molar-refractivity contribution in [3.8, 4) is 0 Å². The zero-order chi connectivity index (χ0) is 21.0. The molecule has 2 atom stereocenters. The summed E-state index contributed by atoms with van der Waals surface area (Å²) in [6.07, 6.45) is 14.9. The molecule has 4 heteroatoms. The number of esters is 2. The van der Waals surface area contributed by atoms with Gasteiger partial charge in [-0.05, 0) is 31.6 Å². The quantitative estimate of drug-likeness (QED) is 0.176. The molecule has 0 heterocycles. The van der Waals surface area contributed by atoms with E-state index in [1.807, 2.05) is 6.92 Å². The minimum Gasteiger partial charge on any atom is -0.466 e. The molecular formula is C24H46O4. The lowest BCUT2D eigenvalue weighted by atomic mass is 9.90. The number of ether oxygens (including phenoxy) is 2. The van der Waals surface area contributed by atoms with Crippen molar-refractivity contribution in [1.82, 2.24) is 0 Å². The van der Waals surface area contributed by atoms with E-state index < -0.39 is 0 Å². The third-order valence-corrected chi connectivity index (χ3v) is 5.52. The van der Waals surface area contributed by atoms with Gasteiger partial charge in [-0.1, -0.05) is 85.5 Å². The summed E-state index contributed by atoms with van der Waals surface area (Å²) in [6, 6.07) is 0. The molecule has 0 aliphatic carbocycles. The summed E-state index contributed by atoms with van der Waals surface area (Å²) < 4.78 is 10.6. The number of carbonyl (C=O) groups is 2. The summed E-state index contributed by atoms with van der Waals surface area (Å²) in [5, 5.41) is 0. The summed E-state index contributed by atoms with van der Waals surface area (Å²) >= 11 is 0. The van der Waals surface area contributed by atoms with E-state index in [-0.39, 0.29) is 17.9 Å². The van der Waals surface area contributed by atoms with Gasteiger partial charge in [0.15, 0.2) is 0 Å². The van der Waals surface area contributed by atoms with Gasteiger partial charge in [-0.3, -0.25) is 9.59 Å². The Morgan fingerprint density at radius 3 is 1.82 bits per heavy atom. The highest BCUT2D eigenvalue weighted by Crippen LogP contribution is 2.20. The number of rotatable bonds is 19. The second-order valence-electron chi connectivity index (χ2n) is 8.23. The second-order valence-corrected chi connectivity index (χ2v) is 8.23. The van der Waals surface area contributed by atoms with Gasteiger partial charge >= 0.3 is 11.9 Å². The number of unbranched alkanes of at least 4 members (excludes halogenated alkanes) is 9. The Balaban J connectivity index is 3.53. The molecule has 0 fully saturated rings. The molecule has 0 bridgehead atoms. The van der Waals surface area contributed by atoms with Crippen LogP contribution in [-0.2, 0) is 19.1 Å². The zero-order valence-electron chi connectivity index (χ0n) is 19.1. The van der Waals surface area contributed by atoms with Gasteiger partial charge in [0.25, 0.3) is 0 Å². The van der Waals surface area contributed by atoms with Crippen LogP contribution in [0.15, 0.2) is 0 Å². The molecule has 2 unspecified atom stereocenters. The van der Waals surface area contributed by atoms with Gasteiger partial charge in [0.1, 0.15) is 0 Å². The number of hydrogen-bond acceptors (Lipinski definition) is 4. The van der Waals surface area contributed by atoms with Crippen LogP contribution >= 0.6 is 0 Å². The lowest BCUT2D eigenvalue weighted by Gasteiger charge is -2.18. The molecule has 0 aromatic carbocycles. The van der Waals surface area contributed by atoms with E-state index in [0.29, 0.717) is 25.6 Å². The summed E-state index contributed by atoms with van der Waals surface area (Å²) in [5.74, 6) is 0.289. The van der Waals surface area contributed by atoms with Gasteiger partial charge in [-0.15, -0.1) is 0 Å². The monoisotopic (exact) mass is 398 g/mol. The maximum Gasteiger partial charge on any atom is 0.308 e. The van der Waals surface area contributed by atoms with Crippen LogP contribution in [-0.4, -0.2) is 25.2 Å². The molecule has 0 rings (SSSR count). The van der Waals surface area contributed by atoms with Crippen molar-refractivity contribution in [3.63, 3.8) is 0 Å². The predicted octanol–water partition coefficient (Wildman–Crippen LogP) is 6.85. The Kier molecular flexibility index (Phi) is 18.5. The topological polar surface area (TPSA) is 52.6 Å². The highest BCUT2D eigenvalue weighted by molar-refractivity contribution is 5.72. The predicted molar refractivity (Wildman–Crippen MR) is 116 cm³/mol. The average Bonchev–Trinajstić information content (AvgIpc) is 2.69. The van der Waals surface area contributed by atoms with Crippen molar-refractivity contribution in [2.75, 3.05) is 13.2 Å². The largest absolute Gasteiger partial charge is 0.466 e. The first-order valence-corrected chi connectivity index (χ1v) is 11.8. The Labute approximate surface area is 174 Å². The molecule has 166 valence electrons. The van der Waals surface area contributed by atoms with Crippen LogP contribution in [0.5, 0.6) is 0 Å². The van der Waals surface area contributed by atoms with Crippen molar-refractivity contribution in [3.05, 3.63) is 0 Å². The van der Waals surface area contributed by atoms with Crippen LogP contribution in [0, 0.1) is 11.8 Å². The SMILES string of the molecule is CCCCCOC(=O)CCCCCCCCC(C)C(C)C(=O)OCCCCC. The third-order valence-electron chi connectivity index (χ3n) is 5.52. The fourth-order valence-electron chi connectivity index (χ4n) is 3.19. The van der Waals surface area contributed by atoms with E-state index in [9.17, 15) is 9.59 Å². The van der Waals surface area contributed by atoms with Crippen molar-refractivity contribution in [2.24, 2.45) is 11.8 Å². The Bertz CT molecular complexity index is 381. The number of hydrogen-bond donors (Lipinski definition) is 0. The van der Waals surface area contributed by atoms with E-state index >= 15 is 0 Å². The van der Waals surface area contributed by atoms with Crippen molar-refractivity contribution >= 4 is 11.9 Å². The molecule has 0 saturated heterocycles. The molecule has 0 saturated carbocycles. The first kappa shape index (κ1) is 26.9. The summed E-state index contributed by atoms with van der Waals surface area (Å²) in [5.41, 5.74) is 0. The normalized spacial score (nSPS) is 13.1. The Hall–Kier alpha value is -1.06. The van der Waals surface area contributed by atoms with Gasteiger partial charge in [0.05, 0.1) is 19.1 Å². The lowest BCUT2D eigenvalue weighted by Crippen LogP contribution is -2.22. The van der Waals surface area contributed by atoms with Crippen LogP contribution in [0.4, 0.5) is 0 Å². The molecule has 0 amide bonds. The van der Waals surface area contributed by atoms with E-state index in [4.69, 9.17) is 9.47 Å². The minimum atomic E-state index is -0.0412. The van der Waals surface area contributed by atoms with Gasteiger partial charge < -0.3 is 9.47 Å². The van der Waals surface area contributed by atoms with E-state index in [1.54, 1.807) is 0 Å². The summed E-state index contributed by atoms with van der Waals surface area (Å²) in [7, 11) is 0. The van der Waals surface area contributed by atoms with Crippen molar-refractivity contribution in [1.29, 1.82) is 0 Å². The van der Waals surface area contributed by atoms with Gasteiger partial charge in [0, 0.05) is 6.42 Å². The third kappa shape index (κ3) is 15.9. The fraction of sp³-hybridized carbons (Fsp3) is 0.917. The van der Waals surface area contributed by atoms with Gasteiger partial charge in [-0.25, -0.2) is 0 Å². The highest BCUT2D eigenvalue weighted by atomic mass is 16.5. The molecular weight excluding hydrogens is 352 g/mol. The summed E-state index contributed by atoms with van der Waals surface area (Å²) in [4.78, 5) is 23.6. The number of carbonyl (C=O) groups excluding carboxylic acids is 2. The molecule has 0 spiro atoms. The molecule has 0 radical (unpaired) electrons. The first-order chi connectivity index (χ1) is 13.5. The first-order valence-electron chi connectivity index (χ1n) is 11.8. The van der Waals surface area contributed by atoms with E-state index in [1.165, 1.54) is 19.3 Å². The van der Waals surface area contributed by atoms with Crippen LogP contribution < -0.4 is 0 Å². The van der Waals surface area contributed by atoms with E-state index in [2.05, 4.69) is 20.8 Å². The molecule has 0 aromatic heterocycles. The molecule has 0 aliphatic heterocycles. The summed E-state index contributed by atoms with van der Waals surface area (Å²) in [6.45, 7) is 9.59. The standard InChI is InChI=1S/C24H46O4/c1-5-7-15-19-27-23(25)18-14-12-10-9-11-13-17-21(3)22(4)24(26)28-20-16-8-6-2/h21-22H,5-20H2,1-4H3. The van der Waals surface area contributed by atoms with Crippen molar-refractivity contribution < 1.29 is 19.1 Å². The second kappa shape index (κ2) is 19.3. The van der Waals surface area contributed by atoms with E-state index in [0.717, 1.165) is 64.2 Å².